The van der Waals surface area contributed by atoms with Crippen molar-refractivity contribution in [2.24, 2.45) is 5.92 Å². The third-order valence-electron chi connectivity index (χ3n) is 4.03. The molecule has 1 aromatic carbocycles. The Labute approximate surface area is 116 Å². The second kappa shape index (κ2) is 5.74. The average Bonchev–Trinajstić information content (AvgIpc) is 2.36. The Morgan fingerprint density at radius 2 is 1.89 bits per heavy atom. The van der Waals surface area contributed by atoms with Crippen LogP contribution in [-0.2, 0) is 0 Å². The van der Waals surface area contributed by atoms with E-state index in [9.17, 15) is 4.79 Å². The number of rotatable bonds is 2. The van der Waals surface area contributed by atoms with E-state index >= 15 is 0 Å². The van der Waals surface area contributed by atoms with Crippen LogP contribution in [0.1, 0.15) is 34.8 Å². The van der Waals surface area contributed by atoms with Crippen LogP contribution in [0.25, 0.3) is 0 Å². The highest BCUT2D eigenvalue weighted by molar-refractivity contribution is 5.94. The standard InChI is InChI=1S/C16H24N2O/c1-11-7-12(2)9-14(8-11)16(19)18-6-5-15(17-4)13(3)10-18/h7-9,13,15,17H,5-6,10H2,1-4H3. The number of carbonyl (C=O) groups excluding carboxylic acids is 1. The molecule has 1 aliphatic rings. The number of nitrogens with zero attached hydrogens (tertiary/aromatic N) is 1. The van der Waals surface area contributed by atoms with Crippen molar-refractivity contribution >= 4 is 5.91 Å². The molecular formula is C16H24N2O. The molecule has 0 spiro atoms. The van der Waals surface area contributed by atoms with E-state index in [1.165, 1.54) is 0 Å². The first-order valence-electron chi connectivity index (χ1n) is 7.06. The summed E-state index contributed by atoms with van der Waals surface area (Å²) in [7, 11) is 2.00. The molecule has 1 aliphatic heterocycles. The van der Waals surface area contributed by atoms with Crippen LogP contribution in [0.3, 0.4) is 0 Å². The maximum absolute atomic E-state index is 12.6. The van der Waals surface area contributed by atoms with Gasteiger partial charge in [-0.25, -0.2) is 0 Å². The van der Waals surface area contributed by atoms with Crippen molar-refractivity contribution in [1.29, 1.82) is 0 Å². The van der Waals surface area contributed by atoms with E-state index < -0.39 is 0 Å². The minimum absolute atomic E-state index is 0.174. The lowest BCUT2D eigenvalue weighted by molar-refractivity contribution is 0.0649. The summed E-state index contributed by atoms with van der Waals surface area (Å²) in [6.07, 6.45) is 1.04. The smallest absolute Gasteiger partial charge is 0.253 e. The van der Waals surface area contributed by atoms with Gasteiger partial charge in [0.2, 0.25) is 0 Å². The van der Waals surface area contributed by atoms with E-state index in [1.54, 1.807) is 0 Å². The van der Waals surface area contributed by atoms with Gasteiger partial charge < -0.3 is 10.2 Å². The molecule has 1 heterocycles. The van der Waals surface area contributed by atoms with Crippen molar-refractivity contribution in [2.45, 2.75) is 33.2 Å². The third kappa shape index (κ3) is 3.16. The van der Waals surface area contributed by atoms with Gasteiger partial charge in [0.1, 0.15) is 0 Å². The average molecular weight is 260 g/mol. The minimum atomic E-state index is 0.174. The second-order valence-electron chi connectivity index (χ2n) is 5.79. The summed E-state index contributed by atoms with van der Waals surface area (Å²) in [6, 6.07) is 6.62. The van der Waals surface area contributed by atoms with E-state index in [-0.39, 0.29) is 5.91 Å². The van der Waals surface area contributed by atoms with Crippen molar-refractivity contribution < 1.29 is 4.79 Å². The SMILES string of the molecule is CNC1CCN(C(=O)c2cc(C)cc(C)c2)CC1C. The molecule has 1 aromatic rings. The predicted molar refractivity (Wildman–Crippen MR) is 78.4 cm³/mol. The Balaban J connectivity index is 2.12. The van der Waals surface area contributed by atoms with Crippen molar-refractivity contribution in [1.82, 2.24) is 10.2 Å². The molecule has 0 aliphatic carbocycles. The molecule has 2 rings (SSSR count). The van der Waals surface area contributed by atoms with Gasteiger partial charge in [-0.1, -0.05) is 24.1 Å². The van der Waals surface area contributed by atoms with Crippen molar-refractivity contribution in [3.05, 3.63) is 34.9 Å². The van der Waals surface area contributed by atoms with Crippen molar-refractivity contribution in [3.8, 4) is 0 Å². The fourth-order valence-electron chi connectivity index (χ4n) is 3.04. The van der Waals surface area contributed by atoms with Gasteiger partial charge in [0.15, 0.2) is 0 Å². The topological polar surface area (TPSA) is 32.3 Å². The lowest BCUT2D eigenvalue weighted by Gasteiger charge is -2.37. The van der Waals surface area contributed by atoms with Crippen LogP contribution in [0.15, 0.2) is 18.2 Å². The van der Waals surface area contributed by atoms with Gasteiger partial charge in [0.05, 0.1) is 0 Å². The van der Waals surface area contributed by atoms with E-state index in [4.69, 9.17) is 0 Å². The highest BCUT2D eigenvalue weighted by Crippen LogP contribution is 2.19. The lowest BCUT2D eigenvalue weighted by atomic mass is 9.93. The first-order valence-corrected chi connectivity index (χ1v) is 7.06. The molecule has 0 bridgehead atoms. The Hall–Kier alpha value is -1.35. The molecule has 0 radical (unpaired) electrons. The van der Waals surface area contributed by atoms with Crippen LogP contribution in [0, 0.1) is 19.8 Å². The molecule has 3 nitrogen and oxygen atoms in total. The largest absolute Gasteiger partial charge is 0.338 e. The number of likely N-dealkylation sites (tertiary alicyclic amines) is 1. The van der Waals surface area contributed by atoms with Crippen LogP contribution in [0.2, 0.25) is 0 Å². The minimum Gasteiger partial charge on any atom is -0.338 e. The maximum Gasteiger partial charge on any atom is 0.253 e. The van der Waals surface area contributed by atoms with Gasteiger partial charge in [0.25, 0.3) is 5.91 Å². The Morgan fingerprint density at radius 1 is 1.26 bits per heavy atom. The quantitative estimate of drug-likeness (QED) is 0.885. The zero-order valence-electron chi connectivity index (χ0n) is 12.4. The summed E-state index contributed by atoms with van der Waals surface area (Å²) in [5.41, 5.74) is 3.13. The van der Waals surface area contributed by atoms with Crippen LogP contribution < -0.4 is 5.32 Å². The summed E-state index contributed by atoms with van der Waals surface area (Å²) >= 11 is 0. The van der Waals surface area contributed by atoms with Gasteiger partial charge in [-0.2, -0.15) is 0 Å². The first-order chi connectivity index (χ1) is 9.01. The van der Waals surface area contributed by atoms with Gasteiger partial charge >= 0.3 is 0 Å². The number of benzene rings is 1. The molecule has 1 amide bonds. The number of piperidine rings is 1. The zero-order valence-corrected chi connectivity index (χ0v) is 12.4. The molecular weight excluding hydrogens is 236 g/mol. The first kappa shape index (κ1) is 14.1. The summed E-state index contributed by atoms with van der Waals surface area (Å²) in [5, 5.41) is 3.33. The summed E-state index contributed by atoms with van der Waals surface area (Å²) in [6.45, 7) is 7.99. The monoisotopic (exact) mass is 260 g/mol. The van der Waals surface area contributed by atoms with Crippen LogP contribution >= 0.6 is 0 Å². The van der Waals surface area contributed by atoms with E-state index in [2.05, 4.69) is 18.3 Å². The van der Waals surface area contributed by atoms with Crippen LogP contribution in [0.4, 0.5) is 0 Å². The summed E-state index contributed by atoms with van der Waals surface area (Å²) in [4.78, 5) is 14.5. The Bertz CT molecular complexity index is 450. The van der Waals surface area contributed by atoms with Crippen LogP contribution in [0.5, 0.6) is 0 Å². The molecule has 3 heteroatoms. The molecule has 0 aromatic heterocycles. The van der Waals surface area contributed by atoms with Gasteiger partial charge in [-0.05, 0) is 45.4 Å². The van der Waals surface area contributed by atoms with Crippen LogP contribution in [-0.4, -0.2) is 37.0 Å². The fourth-order valence-corrected chi connectivity index (χ4v) is 3.04. The van der Waals surface area contributed by atoms with Gasteiger partial charge in [0, 0.05) is 24.7 Å². The van der Waals surface area contributed by atoms with Gasteiger partial charge in [-0.3, -0.25) is 4.79 Å². The van der Waals surface area contributed by atoms with Crippen molar-refractivity contribution in [2.75, 3.05) is 20.1 Å². The lowest BCUT2D eigenvalue weighted by Crippen LogP contribution is -2.49. The molecule has 2 atom stereocenters. The molecule has 1 saturated heterocycles. The normalized spacial score (nSPS) is 23.5. The molecule has 104 valence electrons. The molecule has 0 saturated carbocycles. The molecule has 1 N–H and O–H groups in total. The maximum atomic E-state index is 12.6. The summed E-state index contributed by atoms with van der Waals surface area (Å²) in [5.74, 6) is 0.682. The number of aryl methyl sites for hydroxylation is 2. The highest BCUT2D eigenvalue weighted by atomic mass is 16.2. The summed E-state index contributed by atoms with van der Waals surface area (Å²) < 4.78 is 0. The van der Waals surface area contributed by atoms with Crippen molar-refractivity contribution in [3.63, 3.8) is 0 Å². The number of amides is 1. The highest BCUT2D eigenvalue weighted by Gasteiger charge is 2.28. The second-order valence-corrected chi connectivity index (χ2v) is 5.79. The fraction of sp³-hybridized carbons (Fsp3) is 0.562. The number of carbonyl (C=O) groups is 1. The number of nitrogens with one attached hydrogen (secondary N) is 1. The zero-order chi connectivity index (χ0) is 14.0. The Morgan fingerprint density at radius 3 is 2.42 bits per heavy atom. The predicted octanol–water partition coefficient (Wildman–Crippen LogP) is 2.37. The van der Waals surface area contributed by atoms with E-state index in [0.717, 1.165) is 36.2 Å². The van der Waals surface area contributed by atoms with E-state index in [0.29, 0.717) is 12.0 Å². The number of hydrogen-bond donors (Lipinski definition) is 1. The van der Waals surface area contributed by atoms with Gasteiger partial charge in [-0.15, -0.1) is 0 Å². The molecule has 2 unspecified atom stereocenters. The third-order valence-corrected chi connectivity index (χ3v) is 4.03. The molecule has 19 heavy (non-hydrogen) atoms. The number of hydrogen-bond acceptors (Lipinski definition) is 2. The Kier molecular flexibility index (Phi) is 4.25. The van der Waals surface area contributed by atoms with E-state index in [1.807, 2.05) is 37.9 Å². The molecule has 1 fully saturated rings.